The Hall–Kier alpha value is -1.68. The summed E-state index contributed by atoms with van der Waals surface area (Å²) < 4.78 is 70.3. The molecule has 13 heteroatoms. The standard InChI is InChI=1S/C23H38O12S/c1-27-23(24)21-34-18-17-32-14-13-30-10-9-28-7-8-29-11-12-31-15-16-33-19-20-35-36(25,26)22-5-3-2-4-6-22/h2-6H,7-21H2,1H3. The van der Waals surface area contributed by atoms with E-state index in [1.165, 1.54) is 19.2 Å². The van der Waals surface area contributed by atoms with E-state index >= 15 is 0 Å². The average molecular weight is 539 g/mol. The highest BCUT2D eigenvalue weighted by Crippen LogP contribution is 2.10. The normalized spacial score (nSPS) is 11.6. The number of carbonyl (C=O) groups is 1. The number of carbonyl (C=O) groups excluding carboxylic acids is 1. The van der Waals surface area contributed by atoms with E-state index in [9.17, 15) is 13.2 Å². The number of ether oxygens (including phenoxy) is 8. The van der Waals surface area contributed by atoms with Crippen LogP contribution in [0.5, 0.6) is 0 Å². The van der Waals surface area contributed by atoms with Crippen LogP contribution in [0.1, 0.15) is 0 Å². The molecule has 1 rings (SSSR count). The van der Waals surface area contributed by atoms with Crippen LogP contribution in [0.25, 0.3) is 0 Å². The van der Waals surface area contributed by atoms with Crippen LogP contribution in [0.4, 0.5) is 0 Å². The van der Waals surface area contributed by atoms with E-state index in [1.54, 1.807) is 18.2 Å². The predicted octanol–water partition coefficient (Wildman–Crippen LogP) is 0.681. The Kier molecular flexibility index (Phi) is 20.2. The zero-order chi connectivity index (χ0) is 26.2. The highest BCUT2D eigenvalue weighted by atomic mass is 32.2. The maximum atomic E-state index is 11.9. The highest BCUT2D eigenvalue weighted by Gasteiger charge is 2.13. The zero-order valence-electron chi connectivity index (χ0n) is 20.8. The molecule has 36 heavy (non-hydrogen) atoms. The Labute approximate surface area is 213 Å². The first-order valence-electron chi connectivity index (χ1n) is 11.6. The molecule has 0 aliphatic heterocycles. The Morgan fingerprint density at radius 2 is 0.944 bits per heavy atom. The van der Waals surface area contributed by atoms with Gasteiger partial charge in [0.25, 0.3) is 10.1 Å². The molecule has 0 heterocycles. The fourth-order valence-corrected chi connectivity index (χ4v) is 3.31. The van der Waals surface area contributed by atoms with Crippen molar-refractivity contribution in [3.05, 3.63) is 30.3 Å². The number of methoxy groups -OCH3 is 1. The lowest BCUT2D eigenvalue weighted by Crippen LogP contribution is -2.16. The third-order valence-corrected chi connectivity index (χ3v) is 5.50. The smallest absolute Gasteiger partial charge is 0.331 e. The molecule has 0 radical (unpaired) electrons. The molecule has 0 N–H and O–H groups in total. The molecule has 0 aromatic heterocycles. The largest absolute Gasteiger partial charge is 0.467 e. The van der Waals surface area contributed by atoms with Crippen LogP contribution in [0.3, 0.4) is 0 Å². The first-order chi connectivity index (χ1) is 17.6. The average Bonchev–Trinajstić information content (AvgIpc) is 2.89. The Morgan fingerprint density at radius 3 is 1.33 bits per heavy atom. The summed E-state index contributed by atoms with van der Waals surface area (Å²) in [6.07, 6.45) is 0. The van der Waals surface area contributed by atoms with Crippen molar-refractivity contribution in [1.29, 1.82) is 0 Å². The minimum Gasteiger partial charge on any atom is -0.467 e. The van der Waals surface area contributed by atoms with E-state index < -0.39 is 16.1 Å². The molecule has 0 saturated carbocycles. The van der Waals surface area contributed by atoms with Crippen molar-refractivity contribution in [2.24, 2.45) is 0 Å². The molecular formula is C23H38O12S. The number of hydrogen-bond acceptors (Lipinski definition) is 12. The lowest BCUT2D eigenvalue weighted by molar-refractivity contribution is -0.146. The molecule has 208 valence electrons. The molecule has 1 aromatic carbocycles. The van der Waals surface area contributed by atoms with Gasteiger partial charge in [0, 0.05) is 0 Å². The summed E-state index contributed by atoms with van der Waals surface area (Å²) >= 11 is 0. The van der Waals surface area contributed by atoms with Crippen LogP contribution in [0, 0.1) is 0 Å². The predicted molar refractivity (Wildman–Crippen MR) is 127 cm³/mol. The fraction of sp³-hybridized carbons (Fsp3) is 0.696. The Balaban J connectivity index is 1.73. The second-order valence-electron chi connectivity index (χ2n) is 6.89. The maximum absolute atomic E-state index is 11.9. The topological polar surface area (TPSA) is 134 Å². The van der Waals surface area contributed by atoms with Crippen LogP contribution in [-0.4, -0.2) is 121 Å². The summed E-state index contributed by atoms with van der Waals surface area (Å²) in [4.78, 5) is 10.9. The number of esters is 1. The van der Waals surface area contributed by atoms with E-state index in [0.717, 1.165) is 0 Å². The van der Waals surface area contributed by atoms with E-state index in [1.807, 2.05) is 0 Å². The number of hydrogen-bond donors (Lipinski definition) is 0. The van der Waals surface area contributed by atoms with Gasteiger partial charge in [0.1, 0.15) is 6.61 Å². The molecule has 0 amide bonds. The lowest BCUT2D eigenvalue weighted by Gasteiger charge is -2.08. The molecule has 1 aromatic rings. The molecule has 12 nitrogen and oxygen atoms in total. The summed E-state index contributed by atoms with van der Waals surface area (Å²) in [5.41, 5.74) is 0. The van der Waals surface area contributed by atoms with Gasteiger partial charge in [0.05, 0.1) is 105 Å². The Bertz CT molecular complexity index is 745. The van der Waals surface area contributed by atoms with Crippen LogP contribution >= 0.6 is 0 Å². The number of benzene rings is 1. The molecule has 0 aliphatic rings. The molecule has 0 bridgehead atoms. The van der Waals surface area contributed by atoms with Crippen molar-refractivity contribution in [3.8, 4) is 0 Å². The second kappa shape index (κ2) is 22.5. The van der Waals surface area contributed by atoms with Gasteiger partial charge in [-0.2, -0.15) is 8.42 Å². The molecule has 0 atom stereocenters. The van der Waals surface area contributed by atoms with E-state index in [0.29, 0.717) is 79.3 Å². The lowest BCUT2D eigenvalue weighted by atomic mass is 10.4. The Morgan fingerprint density at radius 1 is 0.583 bits per heavy atom. The quantitative estimate of drug-likeness (QED) is 0.0984. The van der Waals surface area contributed by atoms with Crippen LogP contribution in [0.2, 0.25) is 0 Å². The summed E-state index contributed by atoms with van der Waals surface area (Å²) in [6.45, 7) is 4.91. The van der Waals surface area contributed by atoms with Crippen molar-refractivity contribution in [2.45, 2.75) is 4.90 Å². The van der Waals surface area contributed by atoms with Crippen molar-refractivity contribution >= 4 is 16.1 Å². The van der Waals surface area contributed by atoms with Gasteiger partial charge in [-0.25, -0.2) is 4.79 Å². The van der Waals surface area contributed by atoms with Gasteiger partial charge < -0.3 is 37.9 Å². The maximum Gasteiger partial charge on any atom is 0.331 e. The van der Waals surface area contributed by atoms with Gasteiger partial charge in [-0.15, -0.1) is 0 Å². The van der Waals surface area contributed by atoms with Gasteiger partial charge in [0.15, 0.2) is 0 Å². The van der Waals surface area contributed by atoms with E-state index in [4.69, 9.17) is 37.3 Å². The van der Waals surface area contributed by atoms with Gasteiger partial charge in [-0.05, 0) is 12.1 Å². The van der Waals surface area contributed by atoms with Gasteiger partial charge in [-0.3, -0.25) is 4.18 Å². The SMILES string of the molecule is COC(=O)COCCOCCOCCOCCOCCOCCOCCOS(=O)(=O)c1ccccc1. The summed E-state index contributed by atoms with van der Waals surface area (Å²) in [5.74, 6) is -0.418. The van der Waals surface area contributed by atoms with Crippen molar-refractivity contribution in [2.75, 3.05) is 106 Å². The molecule has 0 fully saturated rings. The fourth-order valence-electron chi connectivity index (χ4n) is 2.39. The van der Waals surface area contributed by atoms with Crippen molar-refractivity contribution < 1.29 is 55.3 Å². The van der Waals surface area contributed by atoms with Gasteiger partial charge >= 0.3 is 5.97 Å². The minimum absolute atomic E-state index is 0.0612. The van der Waals surface area contributed by atoms with Gasteiger partial charge in [0.2, 0.25) is 0 Å². The summed E-state index contributed by atoms with van der Waals surface area (Å²) in [5, 5.41) is 0. The van der Waals surface area contributed by atoms with E-state index in [2.05, 4.69) is 4.74 Å². The van der Waals surface area contributed by atoms with E-state index in [-0.39, 0.29) is 24.7 Å². The monoisotopic (exact) mass is 538 g/mol. The zero-order valence-corrected chi connectivity index (χ0v) is 21.6. The third kappa shape index (κ3) is 18.6. The highest BCUT2D eigenvalue weighted by molar-refractivity contribution is 7.86. The van der Waals surface area contributed by atoms with Crippen molar-refractivity contribution in [1.82, 2.24) is 0 Å². The molecule has 0 unspecified atom stereocenters. The number of rotatable bonds is 25. The van der Waals surface area contributed by atoms with Crippen molar-refractivity contribution in [3.63, 3.8) is 0 Å². The molecular weight excluding hydrogens is 500 g/mol. The first-order valence-corrected chi connectivity index (χ1v) is 13.0. The third-order valence-electron chi connectivity index (χ3n) is 4.18. The minimum atomic E-state index is -3.75. The van der Waals surface area contributed by atoms with Crippen LogP contribution in [0.15, 0.2) is 35.2 Å². The molecule has 0 saturated heterocycles. The van der Waals surface area contributed by atoms with Crippen LogP contribution in [-0.2, 0) is 57.0 Å². The van der Waals surface area contributed by atoms with Gasteiger partial charge in [-0.1, -0.05) is 18.2 Å². The second-order valence-corrected chi connectivity index (χ2v) is 8.51. The first kappa shape index (κ1) is 32.3. The molecule has 0 aliphatic carbocycles. The molecule has 0 spiro atoms. The summed E-state index contributed by atoms with van der Waals surface area (Å²) in [7, 11) is -2.45. The van der Waals surface area contributed by atoms with Crippen LogP contribution < -0.4 is 0 Å². The summed E-state index contributed by atoms with van der Waals surface area (Å²) in [6, 6.07) is 7.95.